The highest BCUT2D eigenvalue weighted by Crippen LogP contribution is 2.54. The summed E-state index contributed by atoms with van der Waals surface area (Å²) in [4.78, 5) is 0. The van der Waals surface area contributed by atoms with E-state index in [1.54, 1.807) is 14.2 Å². The van der Waals surface area contributed by atoms with Gasteiger partial charge in [0.1, 0.15) is 11.5 Å². The standard InChI is InChI=1S/C34H55O6P/c1-24-18-26(32(3,4)5)30(39-22-37-16-14-35-12)28(20-24)41(34(9,10)11)29-21-25(2)19-27(33(6,7)8)31(29)40-23-38-17-15-36-13/h18-21H,14-17,22-23H2,1-13H3. The first-order chi connectivity index (χ1) is 19.0. The van der Waals surface area contributed by atoms with Gasteiger partial charge in [-0.05, 0) is 61.0 Å². The molecule has 2 rings (SSSR count). The van der Waals surface area contributed by atoms with Crippen LogP contribution in [0.5, 0.6) is 11.5 Å². The summed E-state index contributed by atoms with van der Waals surface area (Å²) in [5.74, 6) is 1.81. The molecule has 0 saturated heterocycles. The molecule has 0 unspecified atom stereocenters. The lowest BCUT2D eigenvalue weighted by Crippen LogP contribution is -2.32. The summed E-state index contributed by atoms with van der Waals surface area (Å²) in [6, 6.07) is 9.10. The van der Waals surface area contributed by atoms with E-state index in [1.807, 2.05) is 0 Å². The van der Waals surface area contributed by atoms with Crippen molar-refractivity contribution in [2.24, 2.45) is 0 Å². The quantitative estimate of drug-likeness (QED) is 0.133. The average Bonchev–Trinajstić information content (AvgIpc) is 2.83. The Hall–Kier alpha value is -1.69. The van der Waals surface area contributed by atoms with E-state index in [0.717, 1.165) is 11.5 Å². The second-order valence-corrected chi connectivity index (χ2v) is 16.6. The number of methoxy groups -OCH3 is 2. The Kier molecular flexibility index (Phi) is 13.1. The first-order valence-electron chi connectivity index (χ1n) is 14.5. The van der Waals surface area contributed by atoms with Gasteiger partial charge in [-0.15, -0.1) is 0 Å². The van der Waals surface area contributed by atoms with Crippen molar-refractivity contribution in [3.05, 3.63) is 46.5 Å². The molecule has 0 amide bonds. The van der Waals surface area contributed by atoms with Crippen LogP contribution < -0.4 is 20.1 Å². The van der Waals surface area contributed by atoms with Gasteiger partial charge in [0.15, 0.2) is 13.6 Å². The smallest absolute Gasteiger partial charge is 0.189 e. The number of ether oxygens (including phenoxy) is 6. The molecule has 0 radical (unpaired) electrons. The zero-order chi connectivity index (χ0) is 31.0. The normalized spacial score (nSPS) is 12.7. The van der Waals surface area contributed by atoms with E-state index in [9.17, 15) is 0 Å². The minimum absolute atomic E-state index is 0.106. The molecule has 0 N–H and O–H groups in total. The first-order valence-corrected chi connectivity index (χ1v) is 15.9. The highest BCUT2D eigenvalue weighted by Gasteiger charge is 2.37. The minimum atomic E-state index is -0.958. The molecule has 0 bridgehead atoms. The molecule has 0 heterocycles. The summed E-state index contributed by atoms with van der Waals surface area (Å²) >= 11 is 0. The molecular weight excluding hydrogens is 535 g/mol. The molecule has 0 fully saturated rings. The van der Waals surface area contributed by atoms with Gasteiger partial charge in [0.25, 0.3) is 0 Å². The highest BCUT2D eigenvalue weighted by molar-refractivity contribution is 7.74. The van der Waals surface area contributed by atoms with Crippen molar-refractivity contribution in [2.75, 3.05) is 54.2 Å². The Labute approximate surface area is 251 Å². The third-order valence-electron chi connectivity index (χ3n) is 6.63. The molecule has 0 atom stereocenters. The fourth-order valence-corrected chi connectivity index (χ4v) is 7.86. The van der Waals surface area contributed by atoms with Gasteiger partial charge < -0.3 is 28.4 Å². The summed E-state index contributed by atoms with van der Waals surface area (Å²) in [5.41, 5.74) is 4.52. The van der Waals surface area contributed by atoms with E-state index in [-0.39, 0.29) is 29.6 Å². The fourth-order valence-electron chi connectivity index (χ4n) is 4.71. The molecular formula is C34H55O6P. The van der Waals surface area contributed by atoms with E-state index in [0.29, 0.717) is 26.4 Å². The summed E-state index contributed by atoms with van der Waals surface area (Å²) in [7, 11) is 2.39. The van der Waals surface area contributed by atoms with Gasteiger partial charge in [-0.1, -0.05) is 74.4 Å². The van der Waals surface area contributed by atoms with Crippen molar-refractivity contribution in [1.29, 1.82) is 0 Å². The van der Waals surface area contributed by atoms with Crippen molar-refractivity contribution < 1.29 is 28.4 Å². The van der Waals surface area contributed by atoms with Gasteiger partial charge in [0.05, 0.1) is 26.4 Å². The number of benzene rings is 2. The molecule has 0 aliphatic heterocycles. The van der Waals surface area contributed by atoms with Crippen LogP contribution in [0.15, 0.2) is 24.3 Å². The predicted molar refractivity (Wildman–Crippen MR) is 172 cm³/mol. The molecule has 2 aromatic carbocycles. The number of hydrogen-bond acceptors (Lipinski definition) is 6. The van der Waals surface area contributed by atoms with Crippen LogP contribution in [0.3, 0.4) is 0 Å². The van der Waals surface area contributed by atoms with Crippen LogP contribution >= 0.6 is 7.92 Å². The molecule has 2 aromatic rings. The maximum Gasteiger partial charge on any atom is 0.189 e. The van der Waals surface area contributed by atoms with Gasteiger partial charge in [0.2, 0.25) is 0 Å². The summed E-state index contributed by atoms with van der Waals surface area (Å²) in [6.07, 6.45) is 0. The van der Waals surface area contributed by atoms with Crippen molar-refractivity contribution in [1.82, 2.24) is 0 Å². The monoisotopic (exact) mass is 590 g/mol. The van der Waals surface area contributed by atoms with Crippen molar-refractivity contribution in [2.45, 2.75) is 92.1 Å². The average molecular weight is 591 g/mol. The van der Waals surface area contributed by atoms with Crippen LogP contribution in [-0.4, -0.2) is 59.4 Å². The summed E-state index contributed by atoms with van der Waals surface area (Å²) < 4.78 is 35.0. The molecule has 232 valence electrons. The molecule has 0 spiro atoms. The maximum atomic E-state index is 6.55. The van der Waals surface area contributed by atoms with Gasteiger partial charge in [0, 0.05) is 36.0 Å². The third-order valence-corrected chi connectivity index (χ3v) is 9.60. The molecule has 41 heavy (non-hydrogen) atoms. The lowest BCUT2D eigenvalue weighted by Gasteiger charge is -2.37. The molecule has 0 aliphatic rings. The zero-order valence-electron chi connectivity index (χ0n) is 27.9. The van der Waals surface area contributed by atoms with Gasteiger partial charge in [-0.3, -0.25) is 0 Å². The topological polar surface area (TPSA) is 55.4 Å². The lowest BCUT2D eigenvalue weighted by molar-refractivity contribution is -0.00873. The number of rotatable bonds is 14. The molecule has 0 saturated carbocycles. The predicted octanol–water partition coefficient (Wildman–Crippen LogP) is 7.13. The molecule has 6 nitrogen and oxygen atoms in total. The second kappa shape index (κ2) is 15.2. The van der Waals surface area contributed by atoms with Gasteiger partial charge in [-0.25, -0.2) is 0 Å². The van der Waals surface area contributed by atoms with E-state index in [2.05, 4.69) is 100 Å². The number of aryl methyl sites for hydroxylation is 2. The van der Waals surface area contributed by atoms with Crippen molar-refractivity contribution >= 4 is 18.5 Å². The van der Waals surface area contributed by atoms with Crippen LogP contribution in [0.2, 0.25) is 0 Å². The number of hydrogen-bond donors (Lipinski definition) is 0. The molecule has 7 heteroatoms. The zero-order valence-corrected chi connectivity index (χ0v) is 28.8. The Morgan fingerprint density at radius 1 is 0.561 bits per heavy atom. The van der Waals surface area contributed by atoms with Crippen LogP contribution in [0.25, 0.3) is 0 Å². The van der Waals surface area contributed by atoms with Crippen LogP contribution in [0, 0.1) is 13.8 Å². The Morgan fingerprint density at radius 2 is 0.927 bits per heavy atom. The van der Waals surface area contributed by atoms with Crippen LogP contribution in [0.1, 0.15) is 84.6 Å². The maximum absolute atomic E-state index is 6.55. The van der Waals surface area contributed by atoms with E-state index >= 15 is 0 Å². The Morgan fingerprint density at radius 3 is 1.22 bits per heavy atom. The van der Waals surface area contributed by atoms with Crippen molar-refractivity contribution in [3.8, 4) is 11.5 Å². The van der Waals surface area contributed by atoms with Gasteiger partial charge in [-0.2, -0.15) is 0 Å². The fraction of sp³-hybridized carbons (Fsp3) is 0.647. The molecule has 0 aromatic heterocycles. The Balaban J connectivity index is 2.84. The largest absolute Gasteiger partial charge is 0.467 e. The highest BCUT2D eigenvalue weighted by atomic mass is 31.1. The van der Waals surface area contributed by atoms with Crippen LogP contribution in [-0.2, 0) is 29.8 Å². The van der Waals surface area contributed by atoms with Gasteiger partial charge >= 0.3 is 0 Å². The first kappa shape index (κ1) is 35.5. The van der Waals surface area contributed by atoms with E-state index < -0.39 is 7.92 Å². The summed E-state index contributed by atoms with van der Waals surface area (Å²) in [6.45, 7) is 27.0. The third kappa shape index (κ3) is 10.2. The van der Waals surface area contributed by atoms with Crippen molar-refractivity contribution in [3.63, 3.8) is 0 Å². The van der Waals surface area contributed by atoms with Crippen LogP contribution in [0.4, 0.5) is 0 Å². The second-order valence-electron chi connectivity index (χ2n) is 13.7. The minimum Gasteiger partial charge on any atom is -0.467 e. The summed E-state index contributed by atoms with van der Waals surface area (Å²) in [5, 5.41) is 2.29. The lowest BCUT2D eigenvalue weighted by atomic mass is 9.85. The SMILES string of the molecule is COCCOCOc1c(P(c2cc(C)cc(C(C)(C)C)c2OCOCCOC)C(C)(C)C)cc(C)cc1C(C)(C)C. The van der Waals surface area contributed by atoms with E-state index in [4.69, 9.17) is 28.4 Å². The Bertz CT molecular complexity index is 1030. The van der Waals surface area contributed by atoms with E-state index in [1.165, 1.54) is 32.9 Å². The molecule has 0 aliphatic carbocycles.